The van der Waals surface area contributed by atoms with Gasteiger partial charge in [-0.1, -0.05) is 42.2 Å². The molecule has 194 valence electrons. The molecule has 2 aromatic heterocycles. The Morgan fingerprint density at radius 1 is 1.24 bits per heavy atom. The molecule has 1 aliphatic heterocycles. The molecule has 0 unspecified atom stereocenters. The van der Waals surface area contributed by atoms with E-state index in [1.165, 1.54) is 42.0 Å². The van der Waals surface area contributed by atoms with Crippen LogP contribution in [0.3, 0.4) is 0 Å². The number of nitrogens with zero attached hydrogens (tertiary/aromatic N) is 3. The van der Waals surface area contributed by atoms with Crippen molar-refractivity contribution < 1.29 is 19.4 Å². The van der Waals surface area contributed by atoms with Crippen LogP contribution >= 0.6 is 35.3 Å². The van der Waals surface area contributed by atoms with Gasteiger partial charge in [-0.15, -0.1) is 11.3 Å². The lowest BCUT2D eigenvalue weighted by Crippen LogP contribution is -2.30. The van der Waals surface area contributed by atoms with Gasteiger partial charge < -0.3 is 9.84 Å². The lowest BCUT2D eigenvalue weighted by Gasteiger charge is -2.17. The number of hydrogen-bond acceptors (Lipinski definition) is 9. The maximum atomic E-state index is 13.2. The molecule has 3 aromatic rings. The number of amides is 1. The van der Waals surface area contributed by atoms with E-state index < -0.39 is 17.2 Å². The van der Waals surface area contributed by atoms with E-state index in [1.54, 1.807) is 30.3 Å². The smallest absolute Gasteiger partial charge is 0.271 e. The van der Waals surface area contributed by atoms with Crippen LogP contribution < -0.4 is 10.3 Å². The monoisotopic (exact) mass is 565 g/mol. The maximum Gasteiger partial charge on any atom is 0.271 e. The van der Waals surface area contributed by atoms with Crippen molar-refractivity contribution in [2.45, 2.75) is 26.3 Å². The number of thiophene rings is 1. The normalized spacial score (nSPS) is 14.2. The third-order valence-corrected chi connectivity index (χ3v) is 8.25. The molecule has 1 saturated heterocycles. The number of carbonyl (C=O) groups is 2. The van der Waals surface area contributed by atoms with Crippen LogP contribution in [0.5, 0.6) is 11.6 Å². The highest BCUT2D eigenvalue weighted by Gasteiger charge is 2.32. The summed E-state index contributed by atoms with van der Waals surface area (Å²) in [6.07, 6.45) is 2.07. The summed E-state index contributed by atoms with van der Waals surface area (Å²) in [7, 11) is 1.54. The van der Waals surface area contributed by atoms with Gasteiger partial charge in [-0.2, -0.15) is 5.26 Å². The summed E-state index contributed by atoms with van der Waals surface area (Å²) in [5.41, 5.74) is -0.132. The topological polar surface area (TPSA) is 113 Å². The third kappa shape index (κ3) is 5.57. The molecule has 0 bridgehead atoms. The number of nitriles is 1. The predicted molar refractivity (Wildman–Crippen MR) is 152 cm³/mol. The SMILES string of the molecule is COc1ccc(Cn2c(O)c(C(=O)CCCN3C(=O)/C(=C/c4cccs4)SC3=S)c(C)c(C#N)c2=O)cc1. The Kier molecular flexibility index (Phi) is 8.46. The zero-order valence-electron chi connectivity index (χ0n) is 20.6. The molecule has 4 rings (SSSR count). The first-order chi connectivity index (χ1) is 18.2. The van der Waals surface area contributed by atoms with Crippen LogP contribution in [0.25, 0.3) is 6.08 Å². The van der Waals surface area contributed by atoms with E-state index in [1.807, 2.05) is 23.6 Å². The van der Waals surface area contributed by atoms with Gasteiger partial charge in [-0.25, -0.2) is 0 Å². The number of aromatic nitrogens is 1. The minimum absolute atomic E-state index is 0.0129. The van der Waals surface area contributed by atoms with Crippen LogP contribution in [-0.2, 0) is 11.3 Å². The number of benzene rings is 1. The number of ketones is 1. The first-order valence-electron chi connectivity index (χ1n) is 11.6. The van der Waals surface area contributed by atoms with Crippen molar-refractivity contribution in [2.75, 3.05) is 13.7 Å². The van der Waals surface area contributed by atoms with Crippen molar-refractivity contribution in [1.82, 2.24) is 9.47 Å². The number of pyridine rings is 1. The van der Waals surface area contributed by atoms with Gasteiger partial charge >= 0.3 is 0 Å². The Bertz CT molecular complexity index is 1530. The van der Waals surface area contributed by atoms with Gasteiger partial charge in [0.25, 0.3) is 11.5 Å². The molecular formula is C27H23N3O5S3. The van der Waals surface area contributed by atoms with Crippen molar-refractivity contribution >= 4 is 57.4 Å². The number of hydrogen-bond donors (Lipinski definition) is 1. The standard InChI is InChI=1S/C27H23N3O5S3/c1-16-20(14-28)24(32)30(15-17-7-9-18(35-2)10-8-17)26(34)23(16)21(31)6-3-11-29-25(33)22(38-27(29)36)13-19-5-4-12-37-19/h4-5,7-10,12-13,34H,3,6,11,15H2,1-2H3/b22-13-. The van der Waals surface area contributed by atoms with Crippen molar-refractivity contribution in [3.8, 4) is 17.7 Å². The van der Waals surface area contributed by atoms with Gasteiger partial charge in [0.15, 0.2) is 5.78 Å². The molecule has 1 amide bonds. The highest BCUT2D eigenvalue weighted by molar-refractivity contribution is 8.26. The van der Waals surface area contributed by atoms with Gasteiger partial charge in [-0.3, -0.25) is 23.9 Å². The maximum absolute atomic E-state index is 13.2. The summed E-state index contributed by atoms with van der Waals surface area (Å²) in [6.45, 7) is 1.67. The highest BCUT2D eigenvalue weighted by Crippen LogP contribution is 2.33. The molecule has 0 radical (unpaired) electrons. The van der Waals surface area contributed by atoms with Crippen molar-refractivity contribution in [2.24, 2.45) is 0 Å². The van der Waals surface area contributed by atoms with Gasteiger partial charge in [0.2, 0.25) is 5.88 Å². The van der Waals surface area contributed by atoms with Crippen LogP contribution in [-0.4, -0.2) is 44.2 Å². The van der Waals surface area contributed by atoms with Crippen LogP contribution in [0.4, 0.5) is 0 Å². The molecule has 0 spiro atoms. The lowest BCUT2D eigenvalue weighted by molar-refractivity contribution is -0.122. The van der Waals surface area contributed by atoms with Crippen LogP contribution in [0.15, 0.2) is 51.5 Å². The number of rotatable bonds is 9. The molecule has 38 heavy (non-hydrogen) atoms. The first-order valence-corrected chi connectivity index (χ1v) is 13.7. The molecule has 0 saturated carbocycles. The minimum Gasteiger partial charge on any atom is -0.497 e. The summed E-state index contributed by atoms with van der Waals surface area (Å²) in [6, 6.07) is 12.6. The van der Waals surface area contributed by atoms with Gasteiger partial charge in [0, 0.05) is 17.8 Å². The second kappa shape index (κ2) is 11.8. The molecule has 3 heterocycles. The van der Waals surface area contributed by atoms with Gasteiger partial charge in [0.1, 0.15) is 21.7 Å². The number of ether oxygens (including phenoxy) is 1. The van der Waals surface area contributed by atoms with Gasteiger partial charge in [-0.05, 0) is 54.1 Å². The van der Waals surface area contributed by atoms with Crippen molar-refractivity contribution in [3.05, 3.63) is 84.2 Å². The quantitative estimate of drug-likeness (QED) is 0.225. The Morgan fingerprint density at radius 2 is 1.97 bits per heavy atom. The Labute approximate surface area is 232 Å². The second-order valence-corrected chi connectivity index (χ2v) is 11.1. The number of carbonyl (C=O) groups excluding carboxylic acids is 2. The lowest BCUT2D eigenvalue weighted by atomic mass is 9.99. The average molecular weight is 566 g/mol. The number of methoxy groups -OCH3 is 1. The summed E-state index contributed by atoms with van der Waals surface area (Å²) in [4.78, 5) is 41.9. The van der Waals surface area contributed by atoms with Crippen LogP contribution in [0.2, 0.25) is 0 Å². The zero-order chi connectivity index (χ0) is 27.4. The Morgan fingerprint density at radius 3 is 2.61 bits per heavy atom. The molecule has 8 nitrogen and oxygen atoms in total. The summed E-state index contributed by atoms with van der Waals surface area (Å²) in [5.74, 6) is -0.498. The van der Waals surface area contributed by atoms with Crippen molar-refractivity contribution in [1.29, 1.82) is 5.26 Å². The molecule has 1 aliphatic rings. The molecule has 1 fully saturated rings. The molecule has 11 heteroatoms. The Balaban J connectivity index is 1.51. The third-order valence-electron chi connectivity index (χ3n) is 6.05. The number of thiocarbonyl (C=S) groups is 1. The van der Waals surface area contributed by atoms with E-state index in [2.05, 4.69) is 0 Å². The summed E-state index contributed by atoms with van der Waals surface area (Å²) >= 11 is 8.11. The van der Waals surface area contributed by atoms with Gasteiger partial charge in [0.05, 0.1) is 24.1 Å². The first kappa shape index (κ1) is 27.3. The van der Waals surface area contributed by atoms with Crippen LogP contribution in [0.1, 0.15) is 44.8 Å². The predicted octanol–water partition coefficient (Wildman–Crippen LogP) is 4.72. The number of Topliss-reactive ketones (excluding diaryl/α,β-unsaturated/α-hetero) is 1. The molecule has 0 atom stereocenters. The fourth-order valence-electron chi connectivity index (χ4n) is 4.06. The van der Waals surface area contributed by atoms with E-state index in [0.29, 0.717) is 20.5 Å². The second-order valence-electron chi connectivity index (χ2n) is 8.43. The molecule has 1 N–H and O–H groups in total. The van der Waals surface area contributed by atoms with E-state index in [4.69, 9.17) is 17.0 Å². The number of aromatic hydroxyl groups is 1. The molecular weight excluding hydrogens is 543 g/mol. The van der Waals surface area contributed by atoms with Crippen LogP contribution in [0, 0.1) is 18.3 Å². The van der Waals surface area contributed by atoms with E-state index in [-0.39, 0.29) is 48.5 Å². The van der Waals surface area contributed by atoms with E-state index >= 15 is 0 Å². The fraction of sp³-hybridized carbons (Fsp3) is 0.222. The average Bonchev–Trinajstić information content (AvgIpc) is 3.51. The zero-order valence-corrected chi connectivity index (χ0v) is 23.0. The van der Waals surface area contributed by atoms with E-state index in [9.17, 15) is 24.8 Å². The van der Waals surface area contributed by atoms with Crippen molar-refractivity contribution in [3.63, 3.8) is 0 Å². The molecule has 1 aromatic carbocycles. The number of thioether (sulfide) groups is 1. The Hall–Kier alpha value is -3.72. The summed E-state index contributed by atoms with van der Waals surface area (Å²) < 4.78 is 6.59. The highest BCUT2D eigenvalue weighted by atomic mass is 32.2. The minimum atomic E-state index is -0.676. The molecule has 0 aliphatic carbocycles. The van der Waals surface area contributed by atoms with E-state index in [0.717, 1.165) is 9.44 Å². The largest absolute Gasteiger partial charge is 0.497 e. The fourth-order valence-corrected chi connectivity index (χ4v) is 6.09. The summed E-state index contributed by atoms with van der Waals surface area (Å²) in [5, 5.41) is 22.5.